The highest BCUT2D eigenvalue weighted by Gasteiger charge is 2.24. The van der Waals surface area contributed by atoms with Gasteiger partial charge in [-0.1, -0.05) is 44.2 Å². The number of fused-ring (bicyclic) bond motifs is 1. The highest BCUT2D eigenvalue weighted by Crippen LogP contribution is 2.29. The van der Waals surface area contributed by atoms with E-state index in [1.807, 2.05) is 17.0 Å². The largest absolute Gasteiger partial charge is 0.494 e. The molecule has 0 radical (unpaired) electrons. The molecule has 0 fully saturated rings. The number of carbonyl (C=O) groups is 2. The predicted octanol–water partition coefficient (Wildman–Crippen LogP) is 4.43. The number of anilines is 1. The molecule has 2 heterocycles. The van der Waals surface area contributed by atoms with Crippen LogP contribution in [0.5, 0.6) is 5.75 Å². The summed E-state index contributed by atoms with van der Waals surface area (Å²) in [7, 11) is 0. The molecule has 1 aromatic heterocycles. The lowest BCUT2D eigenvalue weighted by Crippen LogP contribution is -2.36. The van der Waals surface area contributed by atoms with Gasteiger partial charge in [0.15, 0.2) is 5.13 Å². The molecule has 30 heavy (non-hydrogen) atoms. The van der Waals surface area contributed by atoms with Crippen LogP contribution in [0.15, 0.2) is 24.3 Å². The van der Waals surface area contributed by atoms with E-state index in [1.54, 1.807) is 0 Å². The molecule has 162 valence electrons. The quantitative estimate of drug-likeness (QED) is 0.599. The Morgan fingerprint density at radius 1 is 1.27 bits per heavy atom. The second-order valence-electron chi connectivity index (χ2n) is 8.05. The minimum absolute atomic E-state index is 0.0567. The lowest BCUT2D eigenvalue weighted by Gasteiger charge is -2.26. The molecule has 0 saturated heterocycles. The van der Waals surface area contributed by atoms with Crippen LogP contribution in [0.2, 0.25) is 0 Å². The van der Waals surface area contributed by atoms with Crippen LogP contribution in [0.4, 0.5) is 5.13 Å². The van der Waals surface area contributed by atoms with Crippen molar-refractivity contribution in [3.05, 3.63) is 40.4 Å². The van der Waals surface area contributed by atoms with Gasteiger partial charge in [0.25, 0.3) is 0 Å². The van der Waals surface area contributed by atoms with E-state index in [0.717, 1.165) is 29.2 Å². The van der Waals surface area contributed by atoms with Gasteiger partial charge in [-0.25, -0.2) is 4.98 Å². The molecule has 7 heteroatoms. The molecule has 2 amide bonds. The molecule has 3 rings (SSSR count). The van der Waals surface area contributed by atoms with Crippen LogP contribution in [0.1, 0.15) is 56.2 Å². The molecule has 0 unspecified atom stereocenters. The van der Waals surface area contributed by atoms with Crippen LogP contribution in [0.25, 0.3) is 0 Å². The monoisotopic (exact) mass is 429 g/mol. The number of ether oxygens (including phenoxy) is 1. The fourth-order valence-corrected chi connectivity index (χ4v) is 4.41. The first-order chi connectivity index (χ1) is 14.4. The topological polar surface area (TPSA) is 71.5 Å². The number of aromatic nitrogens is 1. The van der Waals surface area contributed by atoms with Gasteiger partial charge < -0.3 is 15.0 Å². The number of hydrogen-bond donors (Lipinski definition) is 1. The minimum Gasteiger partial charge on any atom is -0.494 e. The van der Waals surface area contributed by atoms with E-state index < -0.39 is 0 Å². The molecule has 1 N–H and O–H groups in total. The summed E-state index contributed by atoms with van der Waals surface area (Å²) in [5.41, 5.74) is 2.28. The van der Waals surface area contributed by atoms with Crippen molar-refractivity contribution >= 4 is 28.3 Å². The molecule has 0 bridgehead atoms. The molecule has 6 nitrogen and oxygen atoms in total. The summed E-state index contributed by atoms with van der Waals surface area (Å²) < 4.78 is 5.70. The van der Waals surface area contributed by atoms with Crippen molar-refractivity contribution in [1.29, 1.82) is 0 Å². The molecular weight excluding hydrogens is 398 g/mol. The summed E-state index contributed by atoms with van der Waals surface area (Å²) in [5, 5.41) is 3.52. The molecule has 0 atom stereocenters. The summed E-state index contributed by atoms with van der Waals surface area (Å²) in [6, 6.07) is 8.05. The fourth-order valence-electron chi connectivity index (χ4n) is 3.37. The highest BCUT2D eigenvalue weighted by molar-refractivity contribution is 7.15. The third-order valence-corrected chi connectivity index (χ3v) is 6.06. The number of carbonyl (C=O) groups excluding carboxylic acids is 2. The maximum atomic E-state index is 12.3. The Kier molecular flexibility index (Phi) is 7.85. The van der Waals surface area contributed by atoms with E-state index in [4.69, 9.17) is 4.74 Å². The van der Waals surface area contributed by atoms with Crippen molar-refractivity contribution in [2.24, 2.45) is 5.92 Å². The van der Waals surface area contributed by atoms with E-state index >= 15 is 0 Å². The Morgan fingerprint density at radius 3 is 2.73 bits per heavy atom. The summed E-state index contributed by atoms with van der Waals surface area (Å²) in [6.07, 6.45) is 3.35. The van der Waals surface area contributed by atoms with Crippen LogP contribution >= 0.6 is 11.3 Å². The molecule has 1 aliphatic heterocycles. The standard InChI is InChI=1S/C23H31N3O3S/c1-4-17-7-9-18(10-8-17)29-13-5-6-21(27)25-23-24-19-11-12-26(15-20(19)30-23)22(28)14-16(2)3/h7-10,16H,4-6,11-15H2,1-3H3,(H,24,25,27). The molecule has 1 aromatic carbocycles. The van der Waals surface area contributed by atoms with Crippen molar-refractivity contribution in [3.8, 4) is 5.75 Å². The van der Waals surface area contributed by atoms with E-state index in [-0.39, 0.29) is 11.8 Å². The second-order valence-corrected chi connectivity index (χ2v) is 9.13. The average molecular weight is 430 g/mol. The number of hydrogen-bond acceptors (Lipinski definition) is 5. The number of amides is 2. The van der Waals surface area contributed by atoms with Gasteiger partial charge in [0.05, 0.1) is 18.8 Å². The minimum atomic E-state index is -0.0567. The molecular formula is C23H31N3O3S. The first-order valence-corrected chi connectivity index (χ1v) is 11.5. The van der Waals surface area contributed by atoms with Crippen LogP contribution in [-0.4, -0.2) is 34.8 Å². The average Bonchev–Trinajstić information content (AvgIpc) is 3.12. The zero-order chi connectivity index (χ0) is 21.5. The van der Waals surface area contributed by atoms with E-state index in [1.165, 1.54) is 16.9 Å². The van der Waals surface area contributed by atoms with Gasteiger partial charge in [-0.3, -0.25) is 9.59 Å². The van der Waals surface area contributed by atoms with Crippen LogP contribution in [-0.2, 0) is 29.0 Å². The smallest absolute Gasteiger partial charge is 0.226 e. The molecule has 0 spiro atoms. The summed E-state index contributed by atoms with van der Waals surface area (Å²) in [5.74, 6) is 1.32. The summed E-state index contributed by atoms with van der Waals surface area (Å²) in [6.45, 7) is 8.03. The Hall–Kier alpha value is -2.41. The second kappa shape index (κ2) is 10.6. The molecule has 1 aliphatic rings. The normalized spacial score (nSPS) is 13.3. The van der Waals surface area contributed by atoms with Gasteiger partial charge in [-0.15, -0.1) is 0 Å². The van der Waals surface area contributed by atoms with Gasteiger partial charge in [-0.05, 0) is 36.5 Å². The van der Waals surface area contributed by atoms with Gasteiger partial charge in [0, 0.05) is 30.7 Å². The number of thiazole rings is 1. The van der Waals surface area contributed by atoms with E-state index in [2.05, 4.69) is 43.2 Å². The number of benzene rings is 1. The molecule has 2 aromatic rings. The lowest BCUT2D eigenvalue weighted by atomic mass is 10.1. The van der Waals surface area contributed by atoms with Gasteiger partial charge in [0.1, 0.15) is 5.75 Å². The Labute approximate surface area is 182 Å². The van der Waals surface area contributed by atoms with Gasteiger partial charge in [0.2, 0.25) is 11.8 Å². The van der Waals surface area contributed by atoms with Crippen LogP contribution in [0, 0.1) is 5.92 Å². The first kappa shape index (κ1) is 22.3. The van der Waals surface area contributed by atoms with Gasteiger partial charge >= 0.3 is 0 Å². The maximum absolute atomic E-state index is 12.3. The van der Waals surface area contributed by atoms with Crippen molar-refractivity contribution in [2.75, 3.05) is 18.5 Å². The maximum Gasteiger partial charge on any atom is 0.226 e. The predicted molar refractivity (Wildman–Crippen MR) is 120 cm³/mol. The van der Waals surface area contributed by atoms with E-state index in [9.17, 15) is 9.59 Å². The zero-order valence-corrected chi connectivity index (χ0v) is 18.9. The summed E-state index contributed by atoms with van der Waals surface area (Å²) >= 11 is 1.48. The third-order valence-electron chi connectivity index (χ3n) is 5.06. The summed E-state index contributed by atoms with van der Waals surface area (Å²) in [4.78, 5) is 32.1. The number of rotatable bonds is 9. The number of nitrogens with zero attached hydrogens (tertiary/aromatic N) is 2. The van der Waals surface area contributed by atoms with Gasteiger partial charge in [-0.2, -0.15) is 0 Å². The Morgan fingerprint density at radius 2 is 2.03 bits per heavy atom. The zero-order valence-electron chi connectivity index (χ0n) is 18.1. The van der Waals surface area contributed by atoms with Crippen LogP contribution in [0.3, 0.4) is 0 Å². The molecule has 0 saturated carbocycles. The van der Waals surface area contributed by atoms with Crippen LogP contribution < -0.4 is 10.1 Å². The first-order valence-electron chi connectivity index (χ1n) is 10.7. The van der Waals surface area contributed by atoms with E-state index in [0.29, 0.717) is 50.0 Å². The van der Waals surface area contributed by atoms with Crippen molar-refractivity contribution in [2.45, 2.75) is 59.4 Å². The number of aryl methyl sites for hydroxylation is 1. The van der Waals surface area contributed by atoms with Crippen molar-refractivity contribution < 1.29 is 14.3 Å². The molecule has 0 aliphatic carbocycles. The number of nitrogens with one attached hydrogen (secondary N) is 1. The van der Waals surface area contributed by atoms with Crippen molar-refractivity contribution in [3.63, 3.8) is 0 Å². The van der Waals surface area contributed by atoms with Crippen molar-refractivity contribution in [1.82, 2.24) is 9.88 Å². The lowest BCUT2D eigenvalue weighted by molar-refractivity contribution is -0.132. The SMILES string of the molecule is CCc1ccc(OCCCC(=O)Nc2nc3c(s2)CN(C(=O)CC(C)C)CC3)cc1. The third kappa shape index (κ3) is 6.29. The Balaban J connectivity index is 1.42. The Bertz CT molecular complexity index is 861. The fraction of sp³-hybridized carbons (Fsp3) is 0.522. The highest BCUT2D eigenvalue weighted by atomic mass is 32.1.